The Morgan fingerprint density at radius 2 is 1.73 bits per heavy atom. The van der Waals surface area contributed by atoms with Gasteiger partial charge in [0.2, 0.25) is 5.88 Å². The molecule has 1 amide bonds. The number of aromatic nitrogens is 3. The highest BCUT2D eigenvalue weighted by Gasteiger charge is 2.32. The molecule has 1 aliphatic rings. The lowest BCUT2D eigenvalue weighted by Gasteiger charge is -2.24. The quantitative estimate of drug-likeness (QED) is 0.185. The average molecular weight is 608 g/mol. The lowest BCUT2D eigenvalue weighted by molar-refractivity contribution is 0.0275. The fourth-order valence-corrected chi connectivity index (χ4v) is 5.16. The Labute approximate surface area is 262 Å². The Bertz CT molecular complexity index is 1770. The highest BCUT2D eigenvalue weighted by molar-refractivity contribution is 5.95. The molecule has 0 bridgehead atoms. The van der Waals surface area contributed by atoms with Gasteiger partial charge in [0.05, 0.1) is 25.9 Å². The Kier molecular flexibility index (Phi) is 8.46. The van der Waals surface area contributed by atoms with Crippen LogP contribution in [-0.2, 0) is 11.3 Å². The molecule has 1 saturated heterocycles. The summed E-state index contributed by atoms with van der Waals surface area (Å²) in [4.78, 5) is 19.1. The highest BCUT2D eigenvalue weighted by Crippen LogP contribution is 2.35. The van der Waals surface area contributed by atoms with Crippen LogP contribution in [0.2, 0.25) is 0 Å². The van der Waals surface area contributed by atoms with Crippen LogP contribution in [0.25, 0.3) is 11.0 Å². The molecule has 1 aliphatic heterocycles. The van der Waals surface area contributed by atoms with Gasteiger partial charge in [-0.25, -0.2) is 14.5 Å². The molecule has 2 aromatic heterocycles. The summed E-state index contributed by atoms with van der Waals surface area (Å²) in [5, 5.41) is 9.17. The fraction of sp³-hybridized carbons (Fsp3) is 0.286. The van der Waals surface area contributed by atoms with E-state index >= 15 is 0 Å². The van der Waals surface area contributed by atoms with E-state index < -0.39 is 5.60 Å². The summed E-state index contributed by atoms with van der Waals surface area (Å²) in [5.74, 6) is 2.69. The number of hydrogen-bond acceptors (Lipinski definition) is 8. The summed E-state index contributed by atoms with van der Waals surface area (Å²) in [6, 6.07) is 27.2. The zero-order valence-corrected chi connectivity index (χ0v) is 25.9. The predicted molar refractivity (Wildman–Crippen MR) is 173 cm³/mol. The molecule has 3 heterocycles. The first kappa shape index (κ1) is 29.8. The number of likely N-dealkylation sites (tertiary alicyclic amines) is 1. The Hall–Kier alpha value is -5.25. The Morgan fingerprint density at radius 3 is 2.49 bits per heavy atom. The van der Waals surface area contributed by atoms with Gasteiger partial charge in [0, 0.05) is 30.9 Å². The van der Waals surface area contributed by atoms with Crippen molar-refractivity contribution in [2.75, 3.05) is 25.5 Å². The SMILES string of the molecule is COc1ccc(Cn2nc(OC3CCN(C(=O)OC(C)(C)C)C3)c3c(Nc4cccc(Oc5ccccc5)c4)ccnc32)cc1. The number of hydrogen-bond donors (Lipinski definition) is 1. The second-order valence-electron chi connectivity index (χ2n) is 11.9. The van der Waals surface area contributed by atoms with E-state index in [1.54, 1.807) is 18.2 Å². The number of ether oxygens (including phenoxy) is 4. The zero-order valence-electron chi connectivity index (χ0n) is 25.9. The molecule has 1 N–H and O–H groups in total. The number of pyridine rings is 1. The van der Waals surface area contributed by atoms with Crippen LogP contribution in [0.15, 0.2) is 91.1 Å². The molecule has 1 atom stereocenters. The number of carbonyl (C=O) groups excluding carboxylic acids is 1. The molecule has 10 heteroatoms. The van der Waals surface area contributed by atoms with Gasteiger partial charge in [-0.05, 0) is 68.8 Å². The average Bonchev–Trinajstić information content (AvgIpc) is 3.63. The topological polar surface area (TPSA) is 100.0 Å². The summed E-state index contributed by atoms with van der Waals surface area (Å²) in [6.07, 6.45) is 1.82. The standard InChI is InChI=1S/C35H37N5O5/c1-35(2,3)45-34(41)39-20-18-29(23-39)44-33-31-30(37-25-9-8-12-28(21-25)43-27-10-6-5-7-11-27)17-19-36-32(31)40(38-33)22-24-13-15-26(42-4)16-14-24/h5-17,19,21,29H,18,20,22-23H2,1-4H3,(H,36,37). The van der Waals surface area contributed by atoms with Crippen LogP contribution in [-0.4, -0.2) is 57.7 Å². The molecule has 5 aromatic rings. The molecule has 0 spiro atoms. The number of nitrogens with one attached hydrogen (secondary N) is 1. The first-order chi connectivity index (χ1) is 21.7. The molecule has 0 aliphatic carbocycles. The number of nitrogens with zero attached hydrogens (tertiary/aromatic N) is 4. The normalized spacial score (nSPS) is 14.8. The van der Waals surface area contributed by atoms with Gasteiger partial charge in [0.15, 0.2) is 5.65 Å². The second kappa shape index (κ2) is 12.8. The van der Waals surface area contributed by atoms with Crippen LogP contribution in [0.4, 0.5) is 16.2 Å². The Morgan fingerprint density at radius 1 is 0.956 bits per heavy atom. The maximum absolute atomic E-state index is 12.7. The van der Waals surface area contributed by atoms with Crippen LogP contribution >= 0.6 is 0 Å². The number of carbonyl (C=O) groups is 1. The summed E-state index contributed by atoms with van der Waals surface area (Å²) in [7, 11) is 1.65. The number of anilines is 2. The van der Waals surface area contributed by atoms with Crippen molar-refractivity contribution < 1.29 is 23.7 Å². The van der Waals surface area contributed by atoms with Crippen LogP contribution < -0.4 is 19.5 Å². The smallest absolute Gasteiger partial charge is 0.410 e. The molecule has 1 fully saturated rings. The molecular weight excluding hydrogens is 570 g/mol. The lowest BCUT2D eigenvalue weighted by Crippen LogP contribution is -2.36. The van der Waals surface area contributed by atoms with Gasteiger partial charge in [-0.2, -0.15) is 0 Å². The van der Waals surface area contributed by atoms with Crippen molar-refractivity contribution in [1.82, 2.24) is 19.7 Å². The molecule has 0 radical (unpaired) electrons. The minimum atomic E-state index is -0.567. The maximum Gasteiger partial charge on any atom is 0.410 e. The van der Waals surface area contributed by atoms with Gasteiger partial charge in [0.25, 0.3) is 0 Å². The van der Waals surface area contributed by atoms with E-state index in [-0.39, 0.29) is 12.2 Å². The summed E-state index contributed by atoms with van der Waals surface area (Å²) in [6.45, 7) is 7.02. The minimum absolute atomic E-state index is 0.249. The van der Waals surface area contributed by atoms with E-state index in [1.807, 2.05) is 110 Å². The maximum atomic E-state index is 12.7. The lowest BCUT2D eigenvalue weighted by atomic mass is 10.2. The predicted octanol–water partition coefficient (Wildman–Crippen LogP) is 7.41. The number of methoxy groups -OCH3 is 1. The van der Waals surface area contributed by atoms with Crippen LogP contribution in [0.3, 0.4) is 0 Å². The molecule has 3 aromatic carbocycles. The number of fused-ring (bicyclic) bond motifs is 1. The third kappa shape index (κ3) is 7.29. The van der Waals surface area contributed by atoms with E-state index in [2.05, 4.69) is 5.32 Å². The third-order valence-corrected chi connectivity index (χ3v) is 7.26. The molecule has 0 saturated carbocycles. The van der Waals surface area contributed by atoms with E-state index in [4.69, 9.17) is 29.0 Å². The van der Waals surface area contributed by atoms with E-state index in [9.17, 15) is 4.79 Å². The molecular formula is C35H37N5O5. The molecule has 45 heavy (non-hydrogen) atoms. The van der Waals surface area contributed by atoms with Gasteiger partial charge in [-0.3, -0.25) is 0 Å². The van der Waals surface area contributed by atoms with Gasteiger partial charge in [0.1, 0.15) is 34.3 Å². The van der Waals surface area contributed by atoms with Crippen LogP contribution in [0, 0.1) is 0 Å². The van der Waals surface area contributed by atoms with Gasteiger partial charge in [-0.1, -0.05) is 36.4 Å². The summed E-state index contributed by atoms with van der Waals surface area (Å²) >= 11 is 0. The zero-order chi connectivity index (χ0) is 31.4. The first-order valence-corrected chi connectivity index (χ1v) is 15.0. The second-order valence-corrected chi connectivity index (χ2v) is 11.9. The highest BCUT2D eigenvalue weighted by atomic mass is 16.6. The van der Waals surface area contributed by atoms with E-state index in [0.29, 0.717) is 43.3 Å². The number of benzene rings is 3. The summed E-state index contributed by atoms with van der Waals surface area (Å²) in [5.41, 5.74) is 2.76. The minimum Gasteiger partial charge on any atom is -0.497 e. The Balaban J connectivity index is 1.30. The van der Waals surface area contributed by atoms with Crippen molar-refractivity contribution in [3.8, 4) is 23.1 Å². The van der Waals surface area contributed by atoms with Crippen LogP contribution in [0.1, 0.15) is 32.8 Å². The van der Waals surface area contributed by atoms with Crippen molar-refractivity contribution in [3.05, 3.63) is 96.7 Å². The van der Waals surface area contributed by atoms with Gasteiger partial charge in [-0.15, -0.1) is 5.10 Å². The molecule has 232 valence electrons. The van der Waals surface area contributed by atoms with Crippen molar-refractivity contribution in [2.24, 2.45) is 0 Å². The van der Waals surface area contributed by atoms with Crippen molar-refractivity contribution >= 4 is 28.5 Å². The van der Waals surface area contributed by atoms with Crippen LogP contribution in [0.5, 0.6) is 23.1 Å². The monoisotopic (exact) mass is 607 g/mol. The largest absolute Gasteiger partial charge is 0.497 e. The number of amides is 1. The summed E-state index contributed by atoms with van der Waals surface area (Å²) < 4.78 is 25.3. The molecule has 6 rings (SSSR count). The van der Waals surface area contributed by atoms with Crippen molar-refractivity contribution in [2.45, 2.75) is 45.4 Å². The fourth-order valence-electron chi connectivity index (χ4n) is 5.16. The van der Waals surface area contributed by atoms with Crippen molar-refractivity contribution in [1.29, 1.82) is 0 Å². The van der Waals surface area contributed by atoms with Crippen molar-refractivity contribution in [3.63, 3.8) is 0 Å². The number of rotatable bonds is 9. The van der Waals surface area contributed by atoms with E-state index in [1.165, 1.54) is 0 Å². The third-order valence-electron chi connectivity index (χ3n) is 7.26. The van der Waals surface area contributed by atoms with E-state index in [0.717, 1.165) is 33.8 Å². The van der Waals surface area contributed by atoms with Gasteiger partial charge >= 0.3 is 6.09 Å². The van der Waals surface area contributed by atoms with Gasteiger partial charge < -0.3 is 29.2 Å². The number of para-hydroxylation sites is 1. The molecule has 10 nitrogen and oxygen atoms in total. The first-order valence-electron chi connectivity index (χ1n) is 15.0. The molecule has 1 unspecified atom stereocenters.